The summed E-state index contributed by atoms with van der Waals surface area (Å²) in [6.07, 6.45) is -1.71. The fraction of sp³-hybridized carbons (Fsp3) is 0.667. The number of nitrogens with two attached hydrogens (primary N) is 1. The largest absolute Gasteiger partial charge is 0.452 e. The molecule has 5 rings (SSSR count). The van der Waals surface area contributed by atoms with Crippen molar-refractivity contribution in [1.29, 1.82) is 0 Å². The highest BCUT2D eigenvalue weighted by Gasteiger charge is 2.58. The Morgan fingerprint density at radius 2 is 2.03 bits per heavy atom. The summed E-state index contributed by atoms with van der Waals surface area (Å²) in [6.45, 7) is 0.666. The van der Waals surface area contributed by atoms with Crippen LogP contribution in [-0.4, -0.2) is 36.0 Å². The minimum absolute atomic E-state index is 0.130. The average Bonchev–Trinajstić information content (AvgIpc) is 3.19. The maximum atomic E-state index is 13.5. The highest BCUT2D eigenvalue weighted by atomic mass is 19.4. The monoisotopic (exact) mass is 429 g/mol. The maximum Gasteiger partial charge on any atom is 0.452 e. The quantitative estimate of drug-likeness (QED) is 0.451. The number of amides is 3. The van der Waals surface area contributed by atoms with Gasteiger partial charge in [-0.25, -0.2) is 5.43 Å². The standard InChI is InChI=1S/C18H22F3N5O4/c19-18(20,21)13-11(12(14(22)27)26-30-13)10(6-17-3-8(4-17)5-17)16(29)25-24-7-9-1-2-23-15(9)28/h8-10,24H,1-7H2,(H2,22,27)(H,23,28)(H,25,29)/t8?,9-,10-,17?/m0/s1. The van der Waals surface area contributed by atoms with Gasteiger partial charge in [-0.3, -0.25) is 19.8 Å². The third-order valence-electron chi connectivity index (χ3n) is 6.41. The number of hydrazine groups is 1. The Morgan fingerprint density at radius 3 is 2.53 bits per heavy atom. The number of hydrogen-bond donors (Lipinski definition) is 4. The molecule has 4 fully saturated rings. The molecule has 1 aromatic rings. The Balaban J connectivity index is 1.57. The van der Waals surface area contributed by atoms with Crippen molar-refractivity contribution in [3.05, 3.63) is 17.0 Å². The summed E-state index contributed by atoms with van der Waals surface area (Å²) in [7, 11) is 0. The number of carbonyl (C=O) groups excluding carboxylic acids is 3. The molecule has 1 aromatic heterocycles. The van der Waals surface area contributed by atoms with Crippen LogP contribution in [0.1, 0.15) is 59.8 Å². The molecule has 3 amide bonds. The van der Waals surface area contributed by atoms with Crippen LogP contribution in [-0.2, 0) is 15.8 Å². The van der Waals surface area contributed by atoms with Crippen LogP contribution >= 0.6 is 0 Å². The van der Waals surface area contributed by atoms with Crippen molar-refractivity contribution >= 4 is 17.7 Å². The van der Waals surface area contributed by atoms with Crippen molar-refractivity contribution < 1.29 is 32.1 Å². The smallest absolute Gasteiger partial charge is 0.364 e. The fourth-order valence-electron chi connectivity index (χ4n) is 4.86. The second kappa shape index (κ2) is 7.25. The van der Waals surface area contributed by atoms with E-state index in [1.54, 1.807) is 0 Å². The van der Waals surface area contributed by atoms with Crippen molar-refractivity contribution in [3.63, 3.8) is 0 Å². The van der Waals surface area contributed by atoms with Gasteiger partial charge in [-0.1, -0.05) is 5.16 Å². The van der Waals surface area contributed by atoms with Crippen molar-refractivity contribution in [2.45, 2.75) is 44.2 Å². The zero-order valence-electron chi connectivity index (χ0n) is 16.0. The Hall–Kier alpha value is -2.63. The number of hydrogen-bond acceptors (Lipinski definition) is 6. The van der Waals surface area contributed by atoms with Gasteiger partial charge in [0.25, 0.3) is 5.91 Å². The van der Waals surface area contributed by atoms with Crippen LogP contribution in [0.3, 0.4) is 0 Å². The summed E-state index contributed by atoms with van der Waals surface area (Å²) in [5.41, 5.74) is 8.70. The molecule has 2 heterocycles. The van der Waals surface area contributed by atoms with Crippen molar-refractivity contribution in [1.82, 2.24) is 21.3 Å². The molecule has 1 saturated heterocycles. The number of aromatic nitrogens is 1. The van der Waals surface area contributed by atoms with Crippen LogP contribution in [0, 0.1) is 17.3 Å². The molecule has 3 saturated carbocycles. The first kappa shape index (κ1) is 20.6. The molecule has 1 aliphatic heterocycles. The second-order valence-corrected chi connectivity index (χ2v) is 8.52. The lowest BCUT2D eigenvalue weighted by atomic mass is 9.42. The molecule has 5 N–H and O–H groups in total. The minimum atomic E-state index is -4.94. The van der Waals surface area contributed by atoms with Gasteiger partial charge in [0, 0.05) is 13.1 Å². The summed E-state index contributed by atoms with van der Waals surface area (Å²) in [5, 5.41) is 5.86. The lowest BCUT2D eigenvalue weighted by Gasteiger charge is -2.63. The molecule has 2 bridgehead atoms. The molecule has 12 heteroatoms. The Kier molecular flexibility index (Phi) is 4.99. The molecule has 0 aromatic carbocycles. The van der Waals surface area contributed by atoms with E-state index in [9.17, 15) is 27.6 Å². The molecular formula is C18H22F3N5O4. The predicted molar refractivity (Wildman–Crippen MR) is 94.4 cm³/mol. The molecule has 4 aliphatic rings. The number of carbonyl (C=O) groups is 3. The number of nitrogens with zero attached hydrogens (tertiary/aromatic N) is 1. The molecular weight excluding hydrogens is 407 g/mol. The van der Waals surface area contributed by atoms with E-state index in [0.717, 1.165) is 19.3 Å². The fourth-order valence-corrected chi connectivity index (χ4v) is 4.86. The van der Waals surface area contributed by atoms with E-state index in [1.807, 2.05) is 0 Å². The van der Waals surface area contributed by atoms with Crippen LogP contribution in [0.4, 0.5) is 13.2 Å². The highest BCUT2D eigenvalue weighted by Crippen LogP contribution is 2.68. The van der Waals surface area contributed by atoms with E-state index in [4.69, 9.17) is 5.73 Å². The average molecular weight is 429 g/mol. The maximum absolute atomic E-state index is 13.5. The zero-order valence-corrected chi connectivity index (χ0v) is 16.0. The third kappa shape index (κ3) is 3.64. The zero-order chi connectivity index (χ0) is 21.7. The molecule has 9 nitrogen and oxygen atoms in total. The topological polar surface area (TPSA) is 139 Å². The van der Waals surface area contributed by atoms with Crippen LogP contribution in [0.15, 0.2) is 4.52 Å². The third-order valence-corrected chi connectivity index (χ3v) is 6.41. The highest BCUT2D eigenvalue weighted by molar-refractivity contribution is 5.95. The van der Waals surface area contributed by atoms with Gasteiger partial charge >= 0.3 is 6.18 Å². The first-order valence-corrected chi connectivity index (χ1v) is 9.77. The van der Waals surface area contributed by atoms with E-state index in [1.165, 1.54) is 0 Å². The molecule has 164 valence electrons. The van der Waals surface area contributed by atoms with Gasteiger partial charge in [0.2, 0.25) is 17.6 Å². The molecule has 0 unspecified atom stereocenters. The number of halogens is 3. The van der Waals surface area contributed by atoms with Crippen LogP contribution in [0.2, 0.25) is 0 Å². The summed E-state index contributed by atoms with van der Waals surface area (Å²) < 4.78 is 44.9. The Labute approximate surface area is 169 Å². The molecule has 0 radical (unpaired) electrons. The number of nitrogens with one attached hydrogen (secondary N) is 3. The van der Waals surface area contributed by atoms with Crippen molar-refractivity contribution in [2.75, 3.05) is 13.1 Å². The van der Waals surface area contributed by atoms with E-state index < -0.39 is 40.9 Å². The predicted octanol–water partition coefficient (Wildman–Crippen LogP) is 0.823. The number of rotatable bonds is 8. The van der Waals surface area contributed by atoms with Gasteiger partial charge in [-0.15, -0.1) is 0 Å². The van der Waals surface area contributed by atoms with Crippen LogP contribution in [0.5, 0.6) is 0 Å². The molecule has 0 spiro atoms. The number of primary amides is 1. The van der Waals surface area contributed by atoms with Gasteiger partial charge in [0.15, 0.2) is 5.69 Å². The molecule has 30 heavy (non-hydrogen) atoms. The van der Waals surface area contributed by atoms with Crippen LogP contribution in [0.25, 0.3) is 0 Å². The van der Waals surface area contributed by atoms with E-state index in [-0.39, 0.29) is 30.2 Å². The van der Waals surface area contributed by atoms with Crippen LogP contribution < -0.4 is 21.9 Å². The van der Waals surface area contributed by atoms with E-state index in [2.05, 4.69) is 25.8 Å². The number of alkyl halides is 3. The normalized spacial score (nSPS) is 28.3. The first-order chi connectivity index (χ1) is 14.1. The Bertz CT molecular complexity index is 867. The van der Waals surface area contributed by atoms with Crippen molar-refractivity contribution in [3.8, 4) is 0 Å². The summed E-state index contributed by atoms with van der Waals surface area (Å²) in [6, 6.07) is 0. The SMILES string of the molecule is NC(=O)c1noc(C(F)(F)F)c1[C@H](CC12CC(C1)C2)C(=O)NNC[C@@H]1CCNC1=O. The van der Waals surface area contributed by atoms with Crippen molar-refractivity contribution in [2.24, 2.45) is 23.0 Å². The first-order valence-electron chi connectivity index (χ1n) is 9.77. The van der Waals surface area contributed by atoms with E-state index in [0.29, 0.717) is 18.9 Å². The Morgan fingerprint density at radius 1 is 1.33 bits per heavy atom. The minimum Gasteiger partial charge on any atom is -0.364 e. The lowest BCUT2D eigenvalue weighted by molar-refractivity contribution is -0.157. The summed E-state index contributed by atoms with van der Waals surface area (Å²) in [5.74, 6) is -4.71. The second-order valence-electron chi connectivity index (χ2n) is 8.52. The molecule has 3 aliphatic carbocycles. The van der Waals surface area contributed by atoms with Gasteiger partial charge in [0.05, 0.1) is 17.4 Å². The van der Waals surface area contributed by atoms with Gasteiger partial charge in [-0.2, -0.15) is 13.2 Å². The van der Waals surface area contributed by atoms with Gasteiger partial charge < -0.3 is 15.6 Å². The summed E-state index contributed by atoms with van der Waals surface area (Å²) >= 11 is 0. The lowest BCUT2D eigenvalue weighted by Crippen LogP contribution is -2.54. The van der Waals surface area contributed by atoms with E-state index >= 15 is 0 Å². The van der Waals surface area contributed by atoms with Gasteiger partial charge in [-0.05, 0) is 43.4 Å². The molecule has 2 atom stereocenters. The summed E-state index contributed by atoms with van der Waals surface area (Å²) in [4.78, 5) is 36.3. The van der Waals surface area contributed by atoms with Gasteiger partial charge in [0.1, 0.15) is 0 Å².